The van der Waals surface area contributed by atoms with Gasteiger partial charge in [-0.2, -0.15) is 4.98 Å². The second kappa shape index (κ2) is 5.88. The minimum absolute atomic E-state index is 0.0599. The topological polar surface area (TPSA) is 86.2 Å². The van der Waals surface area contributed by atoms with Gasteiger partial charge in [0.15, 0.2) is 10.7 Å². The minimum atomic E-state index is 0.0599. The van der Waals surface area contributed by atoms with Crippen LogP contribution in [0.5, 0.6) is 5.75 Å². The van der Waals surface area contributed by atoms with Crippen molar-refractivity contribution in [2.75, 3.05) is 18.2 Å². The van der Waals surface area contributed by atoms with Gasteiger partial charge in [0.05, 0.1) is 17.5 Å². The molecule has 2 aromatic heterocycles. The van der Waals surface area contributed by atoms with Crippen molar-refractivity contribution in [3.63, 3.8) is 0 Å². The highest BCUT2D eigenvalue weighted by Gasteiger charge is 2.16. The number of rotatable bonds is 3. The van der Waals surface area contributed by atoms with Gasteiger partial charge in [0, 0.05) is 6.07 Å². The molecule has 6 nitrogen and oxygen atoms in total. The van der Waals surface area contributed by atoms with Crippen molar-refractivity contribution in [3.05, 3.63) is 35.9 Å². The molecule has 0 amide bonds. The molecule has 134 valence electrons. The Morgan fingerprint density at radius 2 is 1.96 bits per heavy atom. The van der Waals surface area contributed by atoms with Crippen LogP contribution in [-0.2, 0) is 5.41 Å². The summed E-state index contributed by atoms with van der Waals surface area (Å²) in [4.78, 5) is 9.08. The molecule has 0 saturated carbocycles. The van der Waals surface area contributed by atoms with Crippen molar-refractivity contribution in [2.45, 2.75) is 26.2 Å². The number of fused-ring (bicyclic) bond motifs is 2. The van der Waals surface area contributed by atoms with Gasteiger partial charge in [-0.15, -0.1) is 0 Å². The summed E-state index contributed by atoms with van der Waals surface area (Å²) in [5, 5.41) is 3.81. The quantitative estimate of drug-likeness (QED) is 0.491. The summed E-state index contributed by atoms with van der Waals surface area (Å²) >= 11 is 1.47. The van der Waals surface area contributed by atoms with Gasteiger partial charge >= 0.3 is 6.01 Å². The standard InChI is InChI=1S/C19H20N4O2S/c1-19(2,3)10-5-6-14-13(7-10)21-17(25-14)23-18-22-16-12(20)8-11(24-4)9-15(16)26-18/h5-9H,20H2,1-4H3,(H,21,22,23). The fourth-order valence-electron chi connectivity index (χ4n) is 2.74. The summed E-state index contributed by atoms with van der Waals surface area (Å²) in [6.45, 7) is 6.52. The van der Waals surface area contributed by atoms with Gasteiger partial charge in [0.25, 0.3) is 0 Å². The number of methoxy groups -OCH3 is 1. The maximum atomic E-state index is 6.06. The number of hydrogen-bond donors (Lipinski definition) is 2. The molecular weight excluding hydrogens is 348 g/mol. The van der Waals surface area contributed by atoms with Gasteiger partial charge in [-0.3, -0.25) is 5.32 Å². The summed E-state index contributed by atoms with van der Waals surface area (Å²) in [7, 11) is 1.62. The number of nitrogens with one attached hydrogen (secondary N) is 1. The van der Waals surface area contributed by atoms with Gasteiger partial charge in [-0.05, 0) is 29.2 Å². The van der Waals surface area contributed by atoms with E-state index in [2.05, 4.69) is 48.2 Å². The van der Waals surface area contributed by atoms with Crippen LogP contribution in [0.25, 0.3) is 21.3 Å². The Morgan fingerprint density at radius 1 is 1.15 bits per heavy atom. The van der Waals surface area contributed by atoms with Crippen molar-refractivity contribution in [1.82, 2.24) is 9.97 Å². The molecule has 0 unspecified atom stereocenters. The van der Waals surface area contributed by atoms with E-state index in [4.69, 9.17) is 14.9 Å². The first-order chi connectivity index (χ1) is 12.3. The molecule has 0 aliphatic carbocycles. The van der Waals surface area contributed by atoms with Gasteiger partial charge in [0.2, 0.25) is 0 Å². The van der Waals surface area contributed by atoms with E-state index < -0.39 is 0 Å². The molecule has 0 saturated heterocycles. The monoisotopic (exact) mass is 368 g/mol. The lowest BCUT2D eigenvalue weighted by Crippen LogP contribution is -2.10. The minimum Gasteiger partial charge on any atom is -0.497 e. The molecule has 7 heteroatoms. The third kappa shape index (κ3) is 2.94. The number of thiazole rings is 1. The molecule has 2 aromatic carbocycles. The summed E-state index contributed by atoms with van der Waals surface area (Å²) in [5.41, 5.74) is 10.2. The molecule has 4 aromatic rings. The first kappa shape index (κ1) is 16.7. The number of nitrogen functional groups attached to an aromatic ring is 1. The molecule has 0 aliphatic heterocycles. The Labute approximate surface area is 155 Å². The molecule has 2 heterocycles. The average Bonchev–Trinajstić information content (AvgIpc) is 3.16. The molecular formula is C19H20N4O2S. The predicted molar refractivity (Wildman–Crippen MR) is 107 cm³/mol. The Morgan fingerprint density at radius 3 is 2.69 bits per heavy atom. The molecule has 0 aliphatic rings. The Balaban J connectivity index is 1.68. The van der Waals surface area contributed by atoms with Crippen LogP contribution in [-0.4, -0.2) is 17.1 Å². The van der Waals surface area contributed by atoms with Gasteiger partial charge in [-0.1, -0.05) is 38.2 Å². The van der Waals surface area contributed by atoms with E-state index in [1.165, 1.54) is 16.9 Å². The predicted octanol–water partition coefficient (Wildman–Crippen LogP) is 5.07. The van der Waals surface area contributed by atoms with Gasteiger partial charge in [-0.25, -0.2) is 4.98 Å². The summed E-state index contributed by atoms with van der Waals surface area (Å²) in [5.74, 6) is 0.710. The van der Waals surface area contributed by atoms with E-state index in [9.17, 15) is 0 Å². The van der Waals surface area contributed by atoms with Crippen LogP contribution in [0.2, 0.25) is 0 Å². The molecule has 0 spiro atoms. The van der Waals surface area contributed by atoms with Crippen molar-refractivity contribution in [2.24, 2.45) is 0 Å². The molecule has 26 heavy (non-hydrogen) atoms. The third-order valence-electron chi connectivity index (χ3n) is 4.20. The molecule has 0 atom stereocenters. The normalized spacial score (nSPS) is 12.0. The summed E-state index contributed by atoms with van der Waals surface area (Å²) in [6.07, 6.45) is 0. The Kier molecular flexibility index (Phi) is 3.77. The second-order valence-electron chi connectivity index (χ2n) is 7.16. The number of hydrogen-bond acceptors (Lipinski definition) is 7. The number of benzene rings is 2. The zero-order valence-electron chi connectivity index (χ0n) is 15.1. The van der Waals surface area contributed by atoms with E-state index in [-0.39, 0.29) is 5.41 Å². The van der Waals surface area contributed by atoms with Crippen LogP contribution in [0.3, 0.4) is 0 Å². The van der Waals surface area contributed by atoms with E-state index in [1.54, 1.807) is 13.2 Å². The van der Waals surface area contributed by atoms with Gasteiger partial charge in [0.1, 0.15) is 16.8 Å². The van der Waals surface area contributed by atoms with Crippen LogP contribution in [0.4, 0.5) is 16.8 Å². The van der Waals surface area contributed by atoms with Gasteiger partial charge < -0.3 is 14.9 Å². The van der Waals surface area contributed by atoms with E-state index in [0.29, 0.717) is 22.6 Å². The van der Waals surface area contributed by atoms with Crippen LogP contribution >= 0.6 is 11.3 Å². The Hall–Kier alpha value is -2.80. The maximum absolute atomic E-state index is 6.06. The second-order valence-corrected chi connectivity index (χ2v) is 8.19. The first-order valence-corrected chi connectivity index (χ1v) is 9.07. The fraction of sp³-hybridized carbons (Fsp3) is 0.263. The van der Waals surface area contributed by atoms with Crippen LogP contribution < -0.4 is 15.8 Å². The van der Waals surface area contributed by atoms with Crippen molar-refractivity contribution in [3.8, 4) is 5.75 Å². The number of anilines is 3. The number of oxazole rings is 1. The zero-order valence-corrected chi connectivity index (χ0v) is 15.9. The van der Waals surface area contributed by atoms with E-state index >= 15 is 0 Å². The fourth-order valence-corrected chi connectivity index (χ4v) is 3.66. The lowest BCUT2D eigenvalue weighted by Gasteiger charge is -2.18. The van der Waals surface area contributed by atoms with Crippen LogP contribution in [0, 0.1) is 0 Å². The molecule has 0 fully saturated rings. The maximum Gasteiger partial charge on any atom is 0.302 e. The molecule has 3 N–H and O–H groups in total. The van der Waals surface area contributed by atoms with E-state index in [1.807, 2.05) is 12.1 Å². The highest BCUT2D eigenvalue weighted by atomic mass is 32.1. The van der Waals surface area contributed by atoms with Crippen molar-refractivity contribution < 1.29 is 9.15 Å². The van der Waals surface area contributed by atoms with Crippen LogP contribution in [0.15, 0.2) is 34.7 Å². The average molecular weight is 368 g/mol. The number of aromatic nitrogens is 2. The van der Waals surface area contributed by atoms with Crippen molar-refractivity contribution >= 4 is 49.5 Å². The summed E-state index contributed by atoms with van der Waals surface area (Å²) in [6, 6.07) is 10.2. The number of ether oxygens (including phenoxy) is 1. The zero-order chi connectivity index (χ0) is 18.5. The number of nitrogens with zero attached hydrogens (tertiary/aromatic N) is 2. The number of nitrogens with two attached hydrogens (primary N) is 1. The van der Waals surface area contributed by atoms with Crippen molar-refractivity contribution in [1.29, 1.82) is 0 Å². The largest absolute Gasteiger partial charge is 0.497 e. The smallest absolute Gasteiger partial charge is 0.302 e. The van der Waals surface area contributed by atoms with Crippen LogP contribution in [0.1, 0.15) is 26.3 Å². The molecule has 0 bridgehead atoms. The SMILES string of the molecule is COc1cc(N)c2nc(Nc3nc4cc(C(C)(C)C)ccc4o3)sc2c1. The first-order valence-electron chi connectivity index (χ1n) is 8.25. The molecule has 4 rings (SSSR count). The molecule has 0 radical (unpaired) electrons. The lowest BCUT2D eigenvalue weighted by molar-refractivity contribution is 0.415. The Bertz CT molecular complexity index is 1110. The van der Waals surface area contributed by atoms with E-state index in [0.717, 1.165) is 21.3 Å². The third-order valence-corrected chi connectivity index (χ3v) is 5.12. The highest BCUT2D eigenvalue weighted by molar-refractivity contribution is 7.22. The highest BCUT2D eigenvalue weighted by Crippen LogP contribution is 2.35. The lowest BCUT2D eigenvalue weighted by atomic mass is 9.87. The summed E-state index contributed by atoms with van der Waals surface area (Å²) < 4.78 is 12.0.